The molecular formula is C19H14FIN2O4S. The molecule has 9 heteroatoms. The lowest BCUT2D eigenvalue weighted by molar-refractivity contribution is -0.127. The van der Waals surface area contributed by atoms with Crippen LogP contribution in [0.2, 0.25) is 0 Å². The third-order valence-electron chi connectivity index (χ3n) is 3.78. The van der Waals surface area contributed by atoms with Crippen molar-refractivity contribution in [3.8, 4) is 5.75 Å². The van der Waals surface area contributed by atoms with Crippen LogP contribution in [0.25, 0.3) is 6.08 Å². The first-order chi connectivity index (χ1) is 13.4. The summed E-state index contributed by atoms with van der Waals surface area (Å²) >= 11 is 2.89. The quantitative estimate of drug-likeness (QED) is 0.482. The molecule has 1 fully saturated rings. The summed E-state index contributed by atoms with van der Waals surface area (Å²) in [6.45, 7) is -0.417. The molecule has 1 aliphatic heterocycles. The van der Waals surface area contributed by atoms with E-state index >= 15 is 0 Å². The highest BCUT2D eigenvalue weighted by molar-refractivity contribution is 14.1. The van der Waals surface area contributed by atoms with Crippen LogP contribution in [0.5, 0.6) is 5.75 Å². The van der Waals surface area contributed by atoms with Crippen LogP contribution < -0.4 is 10.1 Å². The maximum absolute atomic E-state index is 12.9. The second-order valence-electron chi connectivity index (χ2n) is 5.72. The molecule has 1 saturated heterocycles. The number of benzene rings is 2. The Morgan fingerprint density at radius 1 is 1.25 bits per heavy atom. The maximum atomic E-state index is 12.9. The van der Waals surface area contributed by atoms with Gasteiger partial charge in [-0.25, -0.2) is 4.39 Å². The van der Waals surface area contributed by atoms with Crippen LogP contribution in [0.15, 0.2) is 47.4 Å². The summed E-state index contributed by atoms with van der Waals surface area (Å²) in [4.78, 5) is 37.9. The topological polar surface area (TPSA) is 75.7 Å². The number of halogens is 2. The van der Waals surface area contributed by atoms with E-state index in [-0.39, 0.29) is 4.91 Å². The number of ether oxygens (including phenoxy) is 1. The lowest BCUT2D eigenvalue weighted by Crippen LogP contribution is -2.36. The van der Waals surface area contributed by atoms with Gasteiger partial charge < -0.3 is 10.1 Å². The molecule has 2 aromatic carbocycles. The number of carbonyl (C=O) groups excluding carboxylic acids is 3. The van der Waals surface area contributed by atoms with Crippen LogP contribution >= 0.6 is 34.4 Å². The first-order valence-electron chi connectivity index (χ1n) is 8.01. The molecule has 0 spiro atoms. The fourth-order valence-corrected chi connectivity index (χ4v) is 4.04. The first-order valence-corrected chi connectivity index (χ1v) is 9.91. The van der Waals surface area contributed by atoms with E-state index in [0.717, 1.165) is 25.8 Å². The predicted molar refractivity (Wildman–Crippen MR) is 113 cm³/mol. The second kappa shape index (κ2) is 8.74. The molecule has 0 radical (unpaired) electrons. The molecular weight excluding hydrogens is 498 g/mol. The van der Waals surface area contributed by atoms with Gasteiger partial charge in [-0.2, -0.15) is 0 Å². The van der Waals surface area contributed by atoms with E-state index in [9.17, 15) is 18.8 Å². The Balaban J connectivity index is 1.69. The Hall–Kier alpha value is -2.40. The number of imide groups is 1. The number of nitrogens with one attached hydrogen (secondary N) is 1. The van der Waals surface area contributed by atoms with Gasteiger partial charge in [-0.3, -0.25) is 19.3 Å². The average molecular weight is 512 g/mol. The summed E-state index contributed by atoms with van der Waals surface area (Å²) in [6, 6.07) is 10.6. The molecule has 1 heterocycles. The van der Waals surface area contributed by atoms with Crippen molar-refractivity contribution in [2.45, 2.75) is 0 Å². The van der Waals surface area contributed by atoms with Gasteiger partial charge in [0.05, 0.1) is 15.6 Å². The Kier molecular flexibility index (Phi) is 6.35. The number of anilines is 1. The number of thioether (sulfide) groups is 1. The monoisotopic (exact) mass is 512 g/mol. The van der Waals surface area contributed by atoms with Crippen LogP contribution in [-0.4, -0.2) is 35.6 Å². The minimum absolute atomic E-state index is 0.237. The van der Waals surface area contributed by atoms with Crippen LogP contribution in [0, 0.1) is 9.39 Å². The number of methoxy groups -OCH3 is 1. The minimum Gasteiger partial charge on any atom is -0.496 e. The summed E-state index contributed by atoms with van der Waals surface area (Å²) in [5, 5.41) is 2.01. The molecule has 0 bridgehead atoms. The van der Waals surface area contributed by atoms with E-state index in [1.807, 2.05) is 6.07 Å². The Morgan fingerprint density at radius 3 is 2.61 bits per heavy atom. The number of hydrogen-bond donors (Lipinski definition) is 1. The normalized spacial score (nSPS) is 15.2. The molecule has 0 unspecified atom stereocenters. The molecule has 2 aromatic rings. The SMILES string of the molecule is COc1ccc(/C=C2\SC(=O)N(CC(=O)Nc3ccc(F)cc3)C2=O)cc1I. The molecule has 0 saturated carbocycles. The van der Waals surface area contributed by atoms with Gasteiger partial charge in [0.2, 0.25) is 5.91 Å². The van der Waals surface area contributed by atoms with E-state index in [1.54, 1.807) is 25.3 Å². The summed E-state index contributed by atoms with van der Waals surface area (Å²) in [5.41, 5.74) is 1.12. The zero-order valence-corrected chi connectivity index (χ0v) is 17.5. The van der Waals surface area contributed by atoms with Crippen molar-refractivity contribution in [3.05, 3.63) is 62.3 Å². The van der Waals surface area contributed by atoms with E-state index in [1.165, 1.54) is 24.3 Å². The fraction of sp³-hybridized carbons (Fsp3) is 0.105. The molecule has 144 valence electrons. The number of rotatable bonds is 5. The summed E-state index contributed by atoms with van der Waals surface area (Å²) in [7, 11) is 1.57. The van der Waals surface area contributed by atoms with Crippen molar-refractivity contribution < 1.29 is 23.5 Å². The van der Waals surface area contributed by atoms with Crippen molar-refractivity contribution in [1.82, 2.24) is 4.90 Å². The summed E-state index contributed by atoms with van der Waals surface area (Å²) in [5.74, 6) is -0.796. The molecule has 28 heavy (non-hydrogen) atoms. The standard InChI is InChI=1S/C19H14FIN2O4S/c1-27-15-7-2-11(8-14(15)21)9-16-18(25)23(19(26)28-16)10-17(24)22-13-5-3-12(20)4-6-13/h2-9H,10H2,1H3,(H,22,24)/b16-9-. The van der Waals surface area contributed by atoms with Gasteiger partial charge in [0.15, 0.2) is 0 Å². The van der Waals surface area contributed by atoms with Gasteiger partial charge in [0, 0.05) is 5.69 Å². The van der Waals surface area contributed by atoms with Gasteiger partial charge >= 0.3 is 0 Å². The minimum atomic E-state index is -0.547. The Morgan fingerprint density at radius 2 is 1.96 bits per heavy atom. The van der Waals surface area contributed by atoms with Gasteiger partial charge in [0.25, 0.3) is 11.1 Å². The Labute approximate surface area is 178 Å². The van der Waals surface area contributed by atoms with Crippen LogP contribution in [0.4, 0.5) is 14.9 Å². The van der Waals surface area contributed by atoms with Crippen molar-refractivity contribution in [2.24, 2.45) is 0 Å². The molecule has 1 N–H and O–H groups in total. The van der Waals surface area contributed by atoms with E-state index in [0.29, 0.717) is 11.4 Å². The number of amides is 3. The molecule has 0 atom stereocenters. The van der Waals surface area contributed by atoms with Crippen LogP contribution in [-0.2, 0) is 9.59 Å². The molecule has 3 amide bonds. The second-order valence-corrected chi connectivity index (χ2v) is 7.87. The largest absolute Gasteiger partial charge is 0.496 e. The highest BCUT2D eigenvalue weighted by Gasteiger charge is 2.36. The third kappa shape index (κ3) is 4.71. The van der Waals surface area contributed by atoms with Gasteiger partial charge in [-0.15, -0.1) is 0 Å². The summed E-state index contributed by atoms with van der Waals surface area (Å²) in [6.07, 6.45) is 1.60. The first kappa shape index (κ1) is 20.3. The maximum Gasteiger partial charge on any atom is 0.294 e. The lowest BCUT2D eigenvalue weighted by atomic mass is 10.2. The van der Waals surface area contributed by atoms with Crippen LogP contribution in [0.1, 0.15) is 5.56 Å². The van der Waals surface area contributed by atoms with E-state index in [2.05, 4.69) is 27.9 Å². The Bertz CT molecular complexity index is 978. The molecule has 0 aromatic heterocycles. The highest BCUT2D eigenvalue weighted by Crippen LogP contribution is 2.33. The van der Waals surface area contributed by atoms with Crippen molar-refractivity contribution in [3.63, 3.8) is 0 Å². The van der Waals surface area contributed by atoms with E-state index < -0.39 is 29.4 Å². The molecule has 0 aliphatic carbocycles. The smallest absolute Gasteiger partial charge is 0.294 e. The van der Waals surface area contributed by atoms with Gasteiger partial charge in [-0.1, -0.05) is 6.07 Å². The van der Waals surface area contributed by atoms with Crippen molar-refractivity contribution in [1.29, 1.82) is 0 Å². The zero-order valence-electron chi connectivity index (χ0n) is 14.6. The summed E-state index contributed by atoms with van der Waals surface area (Å²) < 4.78 is 19.0. The van der Waals surface area contributed by atoms with E-state index in [4.69, 9.17) is 4.74 Å². The third-order valence-corrected chi connectivity index (χ3v) is 5.53. The number of nitrogens with zero attached hydrogens (tertiary/aromatic N) is 1. The van der Waals surface area contributed by atoms with Gasteiger partial charge in [-0.05, 0) is 82.4 Å². The number of hydrogen-bond acceptors (Lipinski definition) is 5. The van der Waals surface area contributed by atoms with Crippen molar-refractivity contribution in [2.75, 3.05) is 19.0 Å². The predicted octanol–water partition coefficient (Wildman–Crippen LogP) is 4.11. The highest BCUT2D eigenvalue weighted by atomic mass is 127. The lowest BCUT2D eigenvalue weighted by Gasteiger charge is -2.12. The molecule has 6 nitrogen and oxygen atoms in total. The van der Waals surface area contributed by atoms with Crippen LogP contribution in [0.3, 0.4) is 0 Å². The average Bonchev–Trinajstić information content (AvgIpc) is 2.91. The molecule has 1 aliphatic rings. The molecule has 3 rings (SSSR count). The van der Waals surface area contributed by atoms with Gasteiger partial charge in [0.1, 0.15) is 18.1 Å². The van der Waals surface area contributed by atoms with Crippen molar-refractivity contribution >= 4 is 63.2 Å². The fourth-order valence-electron chi connectivity index (χ4n) is 2.44. The number of carbonyl (C=O) groups is 3. The zero-order chi connectivity index (χ0) is 20.3.